The second-order valence-corrected chi connectivity index (χ2v) is 7.68. The average Bonchev–Trinajstić information content (AvgIpc) is 2.69. The number of halogens is 2. The van der Waals surface area contributed by atoms with E-state index in [2.05, 4.69) is 14.9 Å². The molecule has 0 radical (unpaired) electrons. The zero-order valence-electron chi connectivity index (χ0n) is 15.2. The number of benzene rings is 2. The Labute approximate surface area is 176 Å². The molecular weight excluding hydrogens is 415 g/mol. The fourth-order valence-electron chi connectivity index (χ4n) is 3.41. The first-order valence-electron chi connectivity index (χ1n) is 8.94. The van der Waals surface area contributed by atoms with Gasteiger partial charge in [-0.25, -0.2) is 4.98 Å². The van der Waals surface area contributed by atoms with E-state index in [1.807, 2.05) is 0 Å². The van der Waals surface area contributed by atoms with Crippen molar-refractivity contribution in [1.82, 2.24) is 14.9 Å². The van der Waals surface area contributed by atoms with Gasteiger partial charge in [-0.2, -0.15) is 0 Å². The van der Waals surface area contributed by atoms with Gasteiger partial charge in [0, 0.05) is 52.9 Å². The van der Waals surface area contributed by atoms with Crippen molar-refractivity contribution >= 4 is 28.9 Å². The SMILES string of the molecule is O=c1[nH]c(-c2ccc(Cl)cc2)nc2c1CCN(Cc1cc([N+](=O)[O-])ccc1Cl)C2. The van der Waals surface area contributed by atoms with Crippen LogP contribution in [0.15, 0.2) is 47.3 Å². The van der Waals surface area contributed by atoms with Crippen molar-refractivity contribution in [3.63, 3.8) is 0 Å². The Kier molecular flexibility index (Phi) is 5.36. The van der Waals surface area contributed by atoms with Crippen LogP contribution in [0.5, 0.6) is 0 Å². The highest BCUT2D eigenvalue weighted by molar-refractivity contribution is 6.31. The number of aromatic nitrogens is 2. The Hall–Kier alpha value is -2.74. The van der Waals surface area contributed by atoms with Crippen molar-refractivity contribution in [3.05, 3.63) is 89.8 Å². The van der Waals surface area contributed by atoms with E-state index in [4.69, 9.17) is 23.2 Å². The predicted octanol–water partition coefficient (Wildman–Crippen LogP) is 4.21. The normalized spacial score (nSPS) is 13.9. The molecule has 0 atom stereocenters. The summed E-state index contributed by atoms with van der Waals surface area (Å²) in [5.41, 5.74) is 2.67. The van der Waals surface area contributed by atoms with Crippen molar-refractivity contribution in [2.75, 3.05) is 6.54 Å². The van der Waals surface area contributed by atoms with Gasteiger partial charge in [0.2, 0.25) is 0 Å². The summed E-state index contributed by atoms with van der Waals surface area (Å²) in [6.07, 6.45) is 0.547. The van der Waals surface area contributed by atoms with Crippen LogP contribution in [-0.4, -0.2) is 26.3 Å². The molecule has 1 aromatic heterocycles. The quantitative estimate of drug-likeness (QED) is 0.494. The third-order valence-electron chi connectivity index (χ3n) is 4.90. The molecule has 0 spiro atoms. The number of nitrogens with zero attached hydrogens (tertiary/aromatic N) is 3. The first kappa shape index (κ1) is 19.6. The van der Waals surface area contributed by atoms with Gasteiger partial charge >= 0.3 is 0 Å². The Bertz CT molecular complexity index is 1150. The zero-order valence-corrected chi connectivity index (χ0v) is 16.7. The minimum Gasteiger partial charge on any atom is -0.306 e. The van der Waals surface area contributed by atoms with Crippen molar-refractivity contribution in [3.8, 4) is 11.4 Å². The van der Waals surface area contributed by atoms with E-state index in [9.17, 15) is 14.9 Å². The zero-order chi connectivity index (χ0) is 20.5. The summed E-state index contributed by atoms with van der Waals surface area (Å²) in [5, 5.41) is 12.1. The van der Waals surface area contributed by atoms with Gasteiger partial charge in [-0.3, -0.25) is 19.8 Å². The topological polar surface area (TPSA) is 92.1 Å². The molecule has 0 saturated carbocycles. The van der Waals surface area contributed by atoms with Crippen LogP contribution in [-0.2, 0) is 19.5 Å². The fourth-order valence-corrected chi connectivity index (χ4v) is 3.71. The maximum Gasteiger partial charge on any atom is 0.269 e. The third kappa shape index (κ3) is 4.17. The molecule has 0 saturated heterocycles. The lowest BCUT2D eigenvalue weighted by atomic mass is 10.0. The number of non-ortho nitro benzene ring substituents is 1. The first-order chi connectivity index (χ1) is 13.9. The molecular formula is C20H16Cl2N4O3. The number of aromatic amines is 1. The molecule has 148 valence electrons. The number of fused-ring (bicyclic) bond motifs is 1. The summed E-state index contributed by atoms with van der Waals surface area (Å²) in [6, 6.07) is 11.5. The molecule has 4 rings (SSSR count). The maximum atomic E-state index is 12.5. The highest BCUT2D eigenvalue weighted by Crippen LogP contribution is 2.26. The van der Waals surface area contributed by atoms with Gasteiger partial charge in [-0.05, 0) is 42.3 Å². The van der Waals surface area contributed by atoms with Crippen LogP contribution in [0.3, 0.4) is 0 Å². The molecule has 7 nitrogen and oxygen atoms in total. The summed E-state index contributed by atoms with van der Waals surface area (Å²) in [6.45, 7) is 1.53. The van der Waals surface area contributed by atoms with Gasteiger partial charge in [0.25, 0.3) is 11.2 Å². The number of nitro groups is 1. The number of nitro benzene ring substituents is 1. The average molecular weight is 431 g/mol. The predicted molar refractivity (Wildman–Crippen MR) is 111 cm³/mol. The van der Waals surface area contributed by atoms with Crippen LogP contribution in [0.4, 0.5) is 5.69 Å². The van der Waals surface area contributed by atoms with Gasteiger partial charge in [-0.15, -0.1) is 0 Å². The smallest absolute Gasteiger partial charge is 0.269 e. The lowest BCUT2D eigenvalue weighted by molar-refractivity contribution is -0.384. The first-order valence-corrected chi connectivity index (χ1v) is 9.69. The van der Waals surface area contributed by atoms with Crippen LogP contribution >= 0.6 is 23.2 Å². The second kappa shape index (κ2) is 7.94. The van der Waals surface area contributed by atoms with Crippen LogP contribution < -0.4 is 5.56 Å². The molecule has 0 amide bonds. The minimum atomic E-state index is -0.440. The lowest BCUT2D eigenvalue weighted by Crippen LogP contribution is -2.35. The van der Waals surface area contributed by atoms with Crippen molar-refractivity contribution < 1.29 is 4.92 Å². The maximum absolute atomic E-state index is 12.5. The molecule has 1 N–H and O–H groups in total. The van der Waals surface area contributed by atoms with E-state index in [0.29, 0.717) is 58.7 Å². The Morgan fingerprint density at radius 3 is 2.66 bits per heavy atom. The summed E-state index contributed by atoms with van der Waals surface area (Å²) >= 11 is 12.2. The molecule has 2 heterocycles. The van der Waals surface area contributed by atoms with E-state index >= 15 is 0 Å². The lowest BCUT2D eigenvalue weighted by Gasteiger charge is -2.28. The van der Waals surface area contributed by atoms with Crippen LogP contribution in [0.1, 0.15) is 16.8 Å². The molecule has 29 heavy (non-hydrogen) atoms. The number of H-pyrrole nitrogens is 1. The van der Waals surface area contributed by atoms with Gasteiger partial charge in [0.05, 0.1) is 10.6 Å². The van der Waals surface area contributed by atoms with Crippen molar-refractivity contribution in [1.29, 1.82) is 0 Å². The van der Waals surface area contributed by atoms with Gasteiger partial charge in [0.1, 0.15) is 5.82 Å². The summed E-state index contributed by atoms with van der Waals surface area (Å²) < 4.78 is 0. The van der Waals surface area contributed by atoms with Crippen molar-refractivity contribution in [2.24, 2.45) is 0 Å². The second-order valence-electron chi connectivity index (χ2n) is 6.84. The Balaban J connectivity index is 1.61. The van der Waals surface area contributed by atoms with Gasteiger partial charge < -0.3 is 4.98 Å². The number of hydrogen-bond acceptors (Lipinski definition) is 5. The molecule has 3 aromatic rings. The largest absolute Gasteiger partial charge is 0.306 e. The molecule has 2 aromatic carbocycles. The Morgan fingerprint density at radius 2 is 1.93 bits per heavy atom. The molecule has 9 heteroatoms. The molecule has 0 fully saturated rings. The fraction of sp³-hybridized carbons (Fsp3) is 0.200. The van der Waals surface area contributed by atoms with E-state index in [-0.39, 0.29) is 11.2 Å². The van der Waals surface area contributed by atoms with E-state index in [1.165, 1.54) is 18.2 Å². The Morgan fingerprint density at radius 1 is 1.17 bits per heavy atom. The summed E-state index contributed by atoms with van der Waals surface area (Å²) in [4.78, 5) is 32.7. The summed E-state index contributed by atoms with van der Waals surface area (Å²) in [7, 11) is 0. The number of nitrogens with one attached hydrogen (secondary N) is 1. The molecule has 1 aliphatic heterocycles. The molecule has 0 bridgehead atoms. The van der Waals surface area contributed by atoms with Gasteiger partial charge in [-0.1, -0.05) is 23.2 Å². The number of rotatable bonds is 4. The number of hydrogen-bond donors (Lipinski definition) is 1. The highest BCUT2D eigenvalue weighted by atomic mass is 35.5. The third-order valence-corrected chi connectivity index (χ3v) is 5.52. The van der Waals surface area contributed by atoms with Gasteiger partial charge in [0.15, 0.2) is 0 Å². The van der Waals surface area contributed by atoms with E-state index in [1.54, 1.807) is 24.3 Å². The van der Waals surface area contributed by atoms with Crippen LogP contribution in [0.2, 0.25) is 10.0 Å². The highest BCUT2D eigenvalue weighted by Gasteiger charge is 2.22. The summed E-state index contributed by atoms with van der Waals surface area (Å²) in [5.74, 6) is 0.487. The van der Waals surface area contributed by atoms with Crippen molar-refractivity contribution in [2.45, 2.75) is 19.5 Å². The van der Waals surface area contributed by atoms with Crippen LogP contribution in [0, 0.1) is 10.1 Å². The van der Waals surface area contributed by atoms with Crippen LogP contribution in [0.25, 0.3) is 11.4 Å². The van der Waals surface area contributed by atoms with E-state index in [0.717, 1.165) is 5.56 Å². The molecule has 0 aliphatic carbocycles. The monoisotopic (exact) mass is 430 g/mol. The van der Waals surface area contributed by atoms with E-state index < -0.39 is 4.92 Å². The standard InChI is InChI=1S/C20H16Cl2N4O3/c21-14-3-1-12(2-4-14)19-23-18-11-25(8-7-16(18)20(27)24-19)10-13-9-15(26(28)29)5-6-17(13)22/h1-6,9H,7-8,10-11H2,(H,23,24,27). The minimum absolute atomic E-state index is 0.00130. The molecule has 1 aliphatic rings. The molecule has 0 unspecified atom stereocenters.